The van der Waals surface area contributed by atoms with Crippen molar-refractivity contribution in [1.29, 1.82) is 0 Å². The molecule has 0 aliphatic carbocycles. The first kappa shape index (κ1) is 12.9. The molecule has 0 aliphatic heterocycles. The molecule has 86 valence electrons. The smallest absolute Gasteiger partial charge is 0.372 e. The number of ketones is 1. The molecule has 0 saturated carbocycles. The summed E-state index contributed by atoms with van der Waals surface area (Å²) in [4.78, 5) is 21.8. The van der Waals surface area contributed by atoms with Crippen LogP contribution in [0, 0.1) is 0 Å². The standard InChI is InChI=1S/C12H13BrO3/c1-12(2,7-10(14)11(15)16)8-5-3-4-6-9(8)13/h3-6H,7H2,1-2H3,(H,15,16). The predicted octanol–water partition coefficient (Wildman–Crippen LogP) is 2.77. The maximum Gasteiger partial charge on any atom is 0.372 e. The van der Waals surface area contributed by atoms with Crippen LogP contribution in [-0.4, -0.2) is 16.9 Å². The molecule has 1 aromatic carbocycles. The van der Waals surface area contributed by atoms with Gasteiger partial charge in [0, 0.05) is 10.9 Å². The normalized spacial score (nSPS) is 11.2. The van der Waals surface area contributed by atoms with E-state index in [1.54, 1.807) is 0 Å². The minimum atomic E-state index is -1.37. The van der Waals surface area contributed by atoms with Crippen LogP contribution in [-0.2, 0) is 15.0 Å². The Morgan fingerprint density at radius 3 is 2.38 bits per heavy atom. The Balaban J connectivity index is 2.98. The number of benzene rings is 1. The van der Waals surface area contributed by atoms with Gasteiger partial charge >= 0.3 is 5.97 Å². The summed E-state index contributed by atoms with van der Waals surface area (Å²) in [5.74, 6) is -2.14. The van der Waals surface area contributed by atoms with Crippen LogP contribution in [0.5, 0.6) is 0 Å². The van der Waals surface area contributed by atoms with Gasteiger partial charge in [-0.1, -0.05) is 48.0 Å². The highest BCUT2D eigenvalue weighted by Gasteiger charge is 2.28. The van der Waals surface area contributed by atoms with Crippen molar-refractivity contribution in [2.24, 2.45) is 0 Å². The van der Waals surface area contributed by atoms with E-state index in [0.29, 0.717) is 0 Å². The van der Waals surface area contributed by atoms with Crippen molar-refractivity contribution in [3.8, 4) is 0 Å². The zero-order valence-electron chi connectivity index (χ0n) is 9.16. The van der Waals surface area contributed by atoms with Gasteiger partial charge in [-0.15, -0.1) is 0 Å². The minimum Gasteiger partial charge on any atom is -0.476 e. The lowest BCUT2D eigenvalue weighted by molar-refractivity contribution is -0.149. The number of hydrogen-bond donors (Lipinski definition) is 1. The number of carboxylic acid groups (broad SMARTS) is 1. The molecule has 0 saturated heterocycles. The highest BCUT2D eigenvalue weighted by molar-refractivity contribution is 9.10. The first-order valence-electron chi connectivity index (χ1n) is 4.86. The second-order valence-electron chi connectivity index (χ2n) is 4.27. The molecule has 0 fully saturated rings. The summed E-state index contributed by atoms with van der Waals surface area (Å²) >= 11 is 3.40. The highest BCUT2D eigenvalue weighted by atomic mass is 79.9. The third kappa shape index (κ3) is 2.92. The zero-order chi connectivity index (χ0) is 12.3. The molecule has 4 heteroatoms. The topological polar surface area (TPSA) is 54.4 Å². The number of carbonyl (C=O) groups excluding carboxylic acids is 1. The Kier molecular flexibility index (Phi) is 3.86. The number of aliphatic carboxylic acids is 1. The summed E-state index contributed by atoms with van der Waals surface area (Å²) in [6.07, 6.45) is -0.00898. The second-order valence-corrected chi connectivity index (χ2v) is 5.12. The number of carbonyl (C=O) groups is 2. The van der Waals surface area contributed by atoms with Crippen LogP contribution in [0.15, 0.2) is 28.7 Å². The first-order chi connectivity index (χ1) is 7.34. The van der Waals surface area contributed by atoms with Gasteiger partial charge < -0.3 is 5.11 Å². The zero-order valence-corrected chi connectivity index (χ0v) is 10.7. The van der Waals surface area contributed by atoms with Crippen LogP contribution in [0.2, 0.25) is 0 Å². The highest BCUT2D eigenvalue weighted by Crippen LogP contribution is 2.32. The van der Waals surface area contributed by atoms with E-state index in [2.05, 4.69) is 15.9 Å². The van der Waals surface area contributed by atoms with Crippen molar-refractivity contribution in [2.75, 3.05) is 0 Å². The van der Waals surface area contributed by atoms with Gasteiger partial charge in [0.05, 0.1) is 0 Å². The second kappa shape index (κ2) is 4.78. The monoisotopic (exact) mass is 284 g/mol. The van der Waals surface area contributed by atoms with Crippen molar-refractivity contribution in [3.63, 3.8) is 0 Å². The molecular formula is C12H13BrO3. The number of Topliss-reactive ketones (excluding diaryl/α,β-unsaturated/α-hetero) is 1. The molecule has 0 heterocycles. The van der Waals surface area contributed by atoms with Crippen LogP contribution in [0.3, 0.4) is 0 Å². The Morgan fingerprint density at radius 2 is 1.88 bits per heavy atom. The van der Waals surface area contributed by atoms with E-state index in [9.17, 15) is 9.59 Å². The van der Waals surface area contributed by atoms with E-state index < -0.39 is 17.2 Å². The fourth-order valence-corrected chi connectivity index (χ4v) is 2.40. The maximum absolute atomic E-state index is 11.2. The average Bonchev–Trinajstić information content (AvgIpc) is 2.17. The van der Waals surface area contributed by atoms with Crippen molar-refractivity contribution in [3.05, 3.63) is 34.3 Å². The summed E-state index contributed by atoms with van der Waals surface area (Å²) < 4.78 is 0.887. The van der Waals surface area contributed by atoms with Crippen molar-refractivity contribution < 1.29 is 14.7 Å². The van der Waals surface area contributed by atoms with Gasteiger partial charge in [-0.25, -0.2) is 4.79 Å². The van der Waals surface area contributed by atoms with Gasteiger partial charge in [0.25, 0.3) is 0 Å². The number of carboxylic acids is 1. The van der Waals surface area contributed by atoms with Gasteiger partial charge in [0.15, 0.2) is 0 Å². The Labute approximate surface area is 103 Å². The SMILES string of the molecule is CC(C)(CC(=O)C(=O)O)c1ccccc1Br. The third-order valence-electron chi connectivity index (χ3n) is 2.44. The summed E-state index contributed by atoms with van der Waals surface area (Å²) in [5.41, 5.74) is 0.444. The molecular weight excluding hydrogens is 272 g/mol. The number of hydrogen-bond acceptors (Lipinski definition) is 2. The fourth-order valence-electron chi connectivity index (χ4n) is 1.58. The molecule has 1 aromatic rings. The molecule has 16 heavy (non-hydrogen) atoms. The molecule has 0 spiro atoms. The average molecular weight is 285 g/mol. The first-order valence-corrected chi connectivity index (χ1v) is 5.65. The quantitative estimate of drug-likeness (QED) is 0.865. The van der Waals surface area contributed by atoms with Gasteiger partial charge in [-0.05, 0) is 17.0 Å². The van der Waals surface area contributed by atoms with E-state index in [1.807, 2.05) is 38.1 Å². The van der Waals surface area contributed by atoms with E-state index >= 15 is 0 Å². The van der Waals surface area contributed by atoms with Crippen molar-refractivity contribution in [1.82, 2.24) is 0 Å². The Bertz CT molecular complexity index is 424. The lowest BCUT2D eigenvalue weighted by Crippen LogP contribution is -2.26. The minimum absolute atomic E-state index is 0.00898. The summed E-state index contributed by atoms with van der Waals surface area (Å²) in [5, 5.41) is 8.60. The molecule has 0 amide bonds. The lowest BCUT2D eigenvalue weighted by Gasteiger charge is -2.24. The Hall–Kier alpha value is -1.16. The fraction of sp³-hybridized carbons (Fsp3) is 0.333. The molecule has 1 N–H and O–H groups in total. The number of halogens is 1. The van der Waals surface area contributed by atoms with Gasteiger partial charge in [-0.3, -0.25) is 4.79 Å². The molecule has 1 rings (SSSR count). The Morgan fingerprint density at radius 1 is 1.31 bits per heavy atom. The van der Waals surface area contributed by atoms with Crippen LogP contribution < -0.4 is 0 Å². The number of rotatable bonds is 4. The summed E-state index contributed by atoms with van der Waals surface area (Å²) in [7, 11) is 0. The van der Waals surface area contributed by atoms with Crippen molar-refractivity contribution >= 4 is 27.7 Å². The van der Waals surface area contributed by atoms with E-state index in [1.165, 1.54) is 0 Å². The molecule has 0 radical (unpaired) electrons. The van der Waals surface area contributed by atoms with E-state index in [4.69, 9.17) is 5.11 Å². The van der Waals surface area contributed by atoms with Gasteiger partial charge in [-0.2, -0.15) is 0 Å². The predicted molar refractivity (Wildman–Crippen MR) is 64.4 cm³/mol. The largest absolute Gasteiger partial charge is 0.476 e. The molecule has 0 unspecified atom stereocenters. The van der Waals surface area contributed by atoms with Crippen LogP contribution in [0.25, 0.3) is 0 Å². The van der Waals surface area contributed by atoms with E-state index in [-0.39, 0.29) is 6.42 Å². The van der Waals surface area contributed by atoms with Gasteiger partial charge in [0.1, 0.15) is 0 Å². The summed E-state index contributed by atoms with van der Waals surface area (Å²) in [6, 6.07) is 7.51. The van der Waals surface area contributed by atoms with E-state index in [0.717, 1.165) is 10.0 Å². The maximum atomic E-state index is 11.2. The molecule has 3 nitrogen and oxygen atoms in total. The van der Waals surface area contributed by atoms with Crippen molar-refractivity contribution in [2.45, 2.75) is 25.7 Å². The molecule has 0 atom stereocenters. The molecule has 0 aromatic heterocycles. The molecule has 0 bridgehead atoms. The lowest BCUT2D eigenvalue weighted by atomic mass is 9.80. The third-order valence-corrected chi connectivity index (χ3v) is 3.14. The van der Waals surface area contributed by atoms with Crippen LogP contribution in [0.1, 0.15) is 25.8 Å². The van der Waals surface area contributed by atoms with Gasteiger partial charge in [0.2, 0.25) is 5.78 Å². The van der Waals surface area contributed by atoms with Crippen LogP contribution >= 0.6 is 15.9 Å². The molecule has 0 aliphatic rings. The summed E-state index contributed by atoms with van der Waals surface area (Å²) in [6.45, 7) is 3.71. The van der Waals surface area contributed by atoms with Crippen LogP contribution in [0.4, 0.5) is 0 Å².